The number of carbonyl (C=O) groups excluding carboxylic acids is 1. The summed E-state index contributed by atoms with van der Waals surface area (Å²) < 4.78 is 2.08. The lowest BCUT2D eigenvalue weighted by Crippen LogP contribution is -2.38. The smallest absolute Gasteiger partial charge is 0.161 e. The molecule has 1 aromatic carbocycles. The van der Waals surface area contributed by atoms with Crippen LogP contribution in [0, 0.1) is 11.3 Å². The highest BCUT2D eigenvalue weighted by Gasteiger charge is 2.41. The number of hydrogen-bond donors (Lipinski definition) is 1. The molecule has 0 saturated heterocycles. The normalized spacial score (nSPS) is 19.4. The van der Waals surface area contributed by atoms with E-state index in [-0.39, 0.29) is 11.7 Å². The summed E-state index contributed by atoms with van der Waals surface area (Å²) in [7, 11) is 0. The van der Waals surface area contributed by atoms with Crippen LogP contribution in [-0.4, -0.2) is 11.5 Å². The molecule has 2 N–H and O–H groups in total. The number of benzene rings is 1. The first-order chi connectivity index (χ1) is 14.1. The van der Waals surface area contributed by atoms with Crippen LogP contribution in [0.4, 0.5) is 5.69 Å². The fourth-order valence-electron chi connectivity index (χ4n) is 4.08. The van der Waals surface area contributed by atoms with E-state index in [0.717, 1.165) is 49.8 Å². The zero-order valence-corrected chi connectivity index (χ0v) is 19.2. The van der Waals surface area contributed by atoms with Crippen LogP contribution in [0.3, 0.4) is 0 Å². The van der Waals surface area contributed by atoms with Crippen molar-refractivity contribution in [2.75, 3.05) is 10.7 Å². The van der Waals surface area contributed by atoms with Gasteiger partial charge in [-0.3, -0.25) is 9.69 Å². The van der Waals surface area contributed by atoms with Gasteiger partial charge in [0, 0.05) is 27.9 Å². The highest BCUT2D eigenvalue weighted by molar-refractivity contribution is 9.10. The van der Waals surface area contributed by atoms with Gasteiger partial charge in [0.1, 0.15) is 5.82 Å². The third-order valence-corrected chi connectivity index (χ3v) is 7.87. The average Bonchev–Trinajstić information content (AvgIpc) is 3.15. The molecule has 1 aliphatic heterocycles. The minimum Gasteiger partial charge on any atom is -0.384 e. The zero-order chi connectivity index (χ0) is 20.5. The molecular weight excluding hydrogens is 466 g/mol. The van der Waals surface area contributed by atoms with Gasteiger partial charge in [-0.25, -0.2) is 0 Å². The highest BCUT2D eigenvalue weighted by atomic mass is 79.9. The number of rotatable bonds is 4. The minimum atomic E-state index is -0.383. The maximum atomic E-state index is 13.1. The summed E-state index contributed by atoms with van der Waals surface area (Å²) in [5.41, 5.74) is 10.6. The molecule has 0 amide bonds. The van der Waals surface area contributed by atoms with E-state index >= 15 is 0 Å². The summed E-state index contributed by atoms with van der Waals surface area (Å²) in [5.74, 6) is 1.09. The number of nitrogens with two attached hydrogens (primary N) is 1. The summed E-state index contributed by atoms with van der Waals surface area (Å²) >= 11 is 6.92. The van der Waals surface area contributed by atoms with Gasteiger partial charge in [0.15, 0.2) is 5.78 Å². The summed E-state index contributed by atoms with van der Waals surface area (Å²) in [6, 6.07) is 12.2. The van der Waals surface area contributed by atoms with E-state index in [1.807, 2.05) is 40.6 Å². The van der Waals surface area contributed by atoms with Crippen molar-refractivity contribution in [3.8, 4) is 6.07 Å². The number of nitriles is 1. The molecule has 1 atom stereocenters. The molecule has 148 valence electrons. The molecule has 2 heterocycles. The number of ketones is 1. The first-order valence-corrected chi connectivity index (χ1v) is 12.1. The van der Waals surface area contributed by atoms with Crippen molar-refractivity contribution in [3.63, 3.8) is 0 Å². The number of carbonyl (C=O) groups is 1. The molecule has 7 heteroatoms. The molecule has 0 spiro atoms. The second-order valence-electron chi connectivity index (χ2n) is 6.89. The highest BCUT2D eigenvalue weighted by Crippen LogP contribution is 2.49. The van der Waals surface area contributed by atoms with E-state index in [1.165, 1.54) is 0 Å². The predicted octanol–water partition coefficient (Wildman–Crippen LogP) is 5.93. The van der Waals surface area contributed by atoms with E-state index < -0.39 is 0 Å². The molecule has 0 saturated carbocycles. The van der Waals surface area contributed by atoms with Crippen LogP contribution >= 0.6 is 39.0 Å². The fraction of sp³-hybridized carbons (Fsp3) is 0.273. The van der Waals surface area contributed by atoms with Gasteiger partial charge in [-0.2, -0.15) is 5.26 Å². The predicted molar refractivity (Wildman–Crippen MR) is 123 cm³/mol. The Labute approximate surface area is 187 Å². The molecule has 0 bridgehead atoms. The Morgan fingerprint density at radius 3 is 2.93 bits per heavy atom. The topological polar surface area (TPSA) is 70.1 Å². The molecule has 0 radical (unpaired) electrons. The van der Waals surface area contributed by atoms with Crippen LogP contribution in [0.5, 0.6) is 0 Å². The lowest BCUT2D eigenvalue weighted by atomic mass is 9.76. The zero-order valence-electron chi connectivity index (χ0n) is 15.9. The van der Waals surface area contributed by atoms with Crippen LogP contribution in [0.2, 0.25) is 0 Å². The largest absolute Gasteiger partial charge is 0.384 e. The Morgan fingerprint density at radius 2 is 2.21 bits per heavy atom. The van der Waals surface area contributed by atoms with Crippen molar-refractivity contribution in [1.29, 1.82) is 5.26 Å². The number of halogens is 1. The molecule has 1 aromatic heterocycles. The number of hydrogen-bond acceptors (Lipinski definition) is 6. The Hall–Kier alpha value is -2.01. The van der Waals surface area contributed by atoms with E-state index in [1.54, 1.807) is 23.1 Å². The van der Waals surface area contributed by atoms with Gasteiger partial charge >= 0.3 is 0 Å². The van der Waals surface area contributed by atoms with Crippen molar-refractivity contribution in [2.45, 2.75) is 36.3 Å². The van der Waals surface area contributed by atoms with E-state index in [0.29, 0.717) is 17.8 Å². The standard InChI is InChI=1S/C22H20BrN3OS2/c1-2-28-22-15(9-10-29-22)19-16(12-24)21(25)26(14-6-3-5-13(23)11-14)17-7-4-8-18(27)20(17)19/h3,5-6,9-11,19H,2,4,7-8,25H2,1H3. The third-order valence-electron chi connectivity index (χ3n) is 5.22. The molecule has 29 heavy (non-hydrogen) atoms. The van der Waals surface area contributed by atoms with E-state index in [4.69, 9.17) is 5.73 Å². The summed E-state index contributed by atoms with van der Waals surface area (Å²) in [5, 5.41) is 12.1. The maximum absolute atomic E-state index is 13.1. The minimum absolute atomic E-state index is 0.121. The lowest BCUT2D eigenvalue weighted by Gasteiger charge is -2.39. The summed E-state index contributed by atoms with van der Waals surface area (Å²) in [6.45, 7) is 2.11. The second kappa shape index (κ2) is 8.39. The Morgan fingerprint density at radius 1 is 1.38 bits per heavy atom. The Balaban J connectivity index is 1.96. The lowest BCUT2D eigenvalue weighted by molar-refractivity contribution is -0.116. The molecule has 2 aliphatic rings. The Kier molecular flexibility index (Phi) is 5.86. The Bertz CT molecular complexity index is 1080. The first kappa shape index (κ1) is 20.3. The van der Waals surface area contributed by atoms with Gasteiger partial charge in [-0.1, -0.05) is 28.9 Å². The summed E-state index contributed by atoms with van der Waals surface area (Å²) in [6.07, 6.45) is 2.08. The molecule has 2 aromatic rings. The van der Waals surface area contributed by atoms with Gasteiger partial charge < -0.3 is 5.73 Å². The van der Waals surface area contributed by atoms with Crippen molar-refractivity contribution < 1.29 is 4.79 Å². The van der Waals surface area contributed by atoms with Gasteiger partial charge in [-0.05, 0) is 53.8 Å². The molecule has 4 nitrogen and oxygen atoms in total. The average molecular weight is 486 g/mol. The van der Waals surface area contributed by atoms with E-state index in [2.05, 4.69) is 28.9 Å². The number of thioether (sulfide) groups is 1. The fourth-order valence-corrected chi connectivity index (χ4v) is 6.53. The number of nitrogens with zero attached hydrogens (tertiary/aromatic N) is 2. The number of Topliss-reactive ketones (excluding diaryl/α,β-unsaturated/α-hetero) is 1. The molecule has 4 rings (SSSR count). The number of anilines is 1. The van der Waals surface area contributed by atoms with Crippen LogP contribution < -0.4 is 10.6 Å². The molecule has 0 fully saturated rings. The quantitative estimate of drug-likeness (QED) is 0.543. The van der Waals surface area contributed by atoms with Gasteiger partial charge in [0.2, 0.25) is 0 Å². The molecule has 1 unspecified atom stereocenters. The first-order valence-electron chi connectivity index (χ1n) is 9.48. The van der Waals surface area contributed by atoms with Gasteiger partial charge in [-0.15, -0.1) is 23.1 Å². The van der Waals surface area contributed by atoms with Crippen molar-refractivity contribution in [1.82, 2.24) is 0 Å². The van der Waals surface area contributed by atoms with E-state index in [9.17, 15) is 10.1 Å². The third kappa shape index (κ3) is 3.54. The van der Waals surface area contributed by atoms with Crippen LogP contribution in [0.15, 0.2) is 67.1 Å². The van der Waals surface area contributed by atoms with Crippen LogP contribution in [0.25, 0.3) is 0 Å². The van der Waals surface area contributed by atoms with Crippen molar-refractivity contribution in [2.24, 2.45) is 5.73 Å². The SMILES string of the molecule is CCSc1sccc1C1C(C#N)=C(N)N(c2cccc(Br)c2)C2=C1C(=O)CCC2. The van der Waals surface area contributed by atoms with Crippen molar-refractivity contribution in [3.05, 3.63) is 68.4 Å². The monoisotopic (exact) mass is 485 g/mol. The van der Waals surface area contributed by atoms with Crippen LogP contribution in [-0.2, 0) is 4.79 Å². The van der Waals surface area contributed by atoms with Crippen LogP contribution in [0.1, 0.15) is 37.7 Å². The number of allylic oxidation sites excluding steroid dienone is 3. The van der Waals surface area contributed by atoms with Gasteiger partial charge in [0.05, 0.1) is 21.8 Å². The second-order valence-corrected chi connectivity index (χ2v) is 10.3. The summed E-state index contributed by atoms with van der Waals surface area (Å²) in [4.78, 5) is 15.1. The molecular formula is C22H20BrN3OS2. The molecule has 1 aliphatic carbocycles. The van der Waals surface area contributed by atoms with Gasteiger partial charge in [0.25, 0.3) is 0 Å². The van der Waals surface area contributed by atoms with Crippen molar-refractivity contribution >= 4 is 50.5 Å². The number of thiophene rings is 1. The maximum Gasteiger partial charge on any atom is 0.161 e.